The lowest BCUT2D eigenvalue weighted by molar-refractivity contribution is 0.100. The SMILES string of the molecule is CCc1cc(C(=O)Nc2nc(C(C)=O)cs2)cc(Cl)n1. The van der Waals surface area contributed by atoms with Crippen LogP contribution in [0, 0.1) is 0 Å². The van der Waals surface area contributed by atoms with Crippen LogP contribution in [0.3, 0.4) is 0 Å². The van der Waals surface area contributed by atoms with Crippen molar-refractivity contribution in [2.75, 3.05) is 5.32 Å². The Bertz CT molecular complexity index is 669. The van der Waals surface area contributed by atoms with E-state index in [1.54, 1.807) is 11.4 Å². The molecule has 0 bridgehead atoms. The minimum Gasteiger partial charge on any atom is -0.298 e. The fourth-order valence-corrected chi connectivity index (χ4v) is 2.50. The zero-order chi connectivity index (χ0) is 14.7. The number of aromatic nitrogens is 2. The first kappa shape index (κ1) is 14.6. The number of carbonyl (C=O) groups excluding carboxylic acids is 2. The quantitative estimate of drug-likeness (QED) is 0.695. The topological polar surface area (TPSA) is 72.0 Å². The van der Waals surface area contributed by atoms with Crippen LogP contribution in [-0.2, 0) is 6.42 Å². The third-order valence-corrected chi connectivity index (χ3v) is 3.51. The Kier molecular flexibility index (Phi) is 4.46. The van der Waals surface area contributed by atoms with Gasteiger partial charge in [-0.25, -0.2) is 9.97 Å². The maximum atomic E-state index is 12.1. The summed E-state index contributed by atoms with van der Waals surface area (Å²) in [5.41, 5.74) is 1.50. The monoisotopic (exact) mass is 309 g/mol. The predicted molar refractivity (Wildman–Crippen MR) is 78.7 cm³/mol. The highest BCUT2D eigenvalue weighted by atomic mass is 35.5. The molecule has 0 aliphatic carbocycles. The highest BCUT2D eigenvalue weighted by Crippen LogP contribution is 2.18. The summed E-state index contributed by atoms with van der Waals surface area (Å²) >= 11 is 7.08. The van der Waals surface area contributed by atoms with Crippen LogP contribution in [0.15, 0.2) is 17.5 Å². The largest absolute Gasteiger partial charge is 0.298 e. The van der Waals surface area contributed by atoms with Crippen molar-refractivity contribution in [2.24, 2.45) is 0 Å². The summed E-state index contributed by atoms with van der Waals surface area (Å²) in [7, 11) is 0. The third-order valence-electron chi connectivity index (χ3n) is 2.56. The Morgan fingerprint density at radius 1 is 1.35 bits per heavy atom. The third kappa shape index (κ3) is 3.40. The average molecular weight is 310 g/mol. The number of carbonyl (C=O) groups is 2. The molecule has 0 unspecified atom stereocenters. The van der Waals surface area contributed by atoms with Crippen molar-refractivity contribution in [3.8, 4) is 0 Å². The summed E-state index contributed by atoms with van der Waals surface area (Å²) in [6.45, 7) is 3.36. The lowest BCUT2D eigenvalue weighted by atomic mass is 10.2. The summed E-state index contributed by atoms with van der Waals surface area (Å²) in [5.74, 6) is -0.463. The van der Waals surface area contributed by atoms with E-state index in [1.807, 2.05) is 6.92 Å². The lowest BCUT2D eigenvalue weighted by Gasteiger charge is -2.04. The molecule has 0 aliphatic rings. The molecule has 2 aromatic rings. The molecule has 2 rings (SSSR count). The Morgan fingerprint density at radius 2 is 2.10 bits per heavy atom. The van der Waals surface area contributed by atoms with E-state index >= 15 is 0 Å². The van der Waals surface area contributed by atoms with Crippen LogP contribution in [0.5, 0.6) is 0 Å². The molecule has 0 spiro atoms. The number of hydrogen-bond donors (Lipinski definition) is 1. The van der Waals surface area contributed by atoms with Gasteiger partial charge in [-0.3, -0.25) is 14.9 Å². The molecule has 0 aliphatic heterocycles. The molecule has 2 aromatic heterocycles. The van der Waals surface area contributed by atoms with Crippen LogP contribution in [0.1, 0.15) is 40.4 Å². The number of rotatable bonds is 4. The first-order valence-corrected chi connectivity index (χ1v) is 7.19. The first-order chi connectivity index (χ1) is 9.49. The van der Waals surface area contributed by atoms with Gasteiger partial charge in [0, 0.05) is 23.6 Å². The van der Waals surface area contributed by atoms with E-state index in [9.17, 15) is 9.59 Å². The summed E-state index contributed by atoms with van der Waals surface area (Å²) in [6.07, 6.45) is 0.687. The Balaban J connectivity index is 2.18. The van der Waals surface area contributed by atoms with E-state index in [4.69, 9.17) is 11.6 Å². The smallest absolute Gasteiger partial charge is 0.257 e. The molecule has 0 fully saturated rings. The number of nitrogens with zero attached hydrogens (tertiary/aromatic N) is 2. The fourth-order valence-electron chi connectivity index (χ4n) is 1.53. The number of amides is 1. The number of ketones is 1. The van der Waals surface area contributed by atoms with Crippen LogP contribution < -0.4 is 5.32 Å². The minimum absolute atomic E-state index is 0.137. The summed E-state index contributed by atoms with van der Waals surface area (Å²) in [4.78, 5) is 31.4. The predicted octanol–water partition coefficient (Wildman–Crippen LogP) is 3.21. The number of anilines is 1. The van der Waals surface area contributed by atoms with Crippen LogP contribution in [0.25, 0.3) is 0 Å². The Morgan fingerprint density at radius 3 is 2.70 bits per heavy atom. The van der Waals surface area contributed by atoms with Crippen molar-refractivity contribution in [3.05, 3.63) is 39.6 Å². The van der Waals surface area contributed by atoms with Gasteiger partial charge in [0.2, 0.25) is 0 Å². The average Bonchev–Trinajstić information content (AvgIpc) is 2.86. The molecule has 0 atom stereocenters. The van der Waals surface area contributed by atoms with E-state index < -0.39 is 0 Å². The summed E-state index contributed by atoms with van der Waals surface area (Å²) in [5, 5.41) is 4.90. The van der Waals surface area contributed by atoms with Gasteiger partial charge in [0.15, 0.2) is 10.9 Å². The maximum absolute atomic E-state index is 12.1. The zero-order valence-electron chi connectivity index (χ0n) is 10.9. The zero-order valence-corrected chi connectivity index (χ0v) is 12.5. The van der Waals surface area contributed by atoms with Gasteiger partial charge in [-0.1, -0.05) is 18.5 Å². The van der Waals surface area contributed by atoms with Gasteiger partial charge in [0.1, 0.15) is 10.8 Å². The van der Waals surface area contributed by atoms with Crippen molar-refractivity contribution in [1.29, 1.82) is 0 Å². The van der Waals surface area contributed by atoms with Gasteiger partial charge in [-0.15, -0.1) is 11.3 Å². The summed E-state index contributed by atoms with van der Waals surface area (Å²) < 4.78 is 0. The highest BCUT2D eigenvalue weighted by molar-refractivity contribution is 7.14. The van der Waals surface area contributed by atoms with E-state index in [1.165, 1.54) is 24.3 Å². The first-order valence-electron chi connectivity index (χ1n) is 5.94. The van der Waals surface area contributed by atoms with E-state index in [-0.39, 0.29) is 16.8 Å². The molecule has 0 aromatic carbocycles. The van der Waals surface area contributed by atoms with Crippen molar-refractivity contribution in [2.45, 2.75) is 20.3 Å². The Hall–Kier alpha value is -1.79. The number of thiazole rings is 1. The van der Waals surface area contributed by atoms with Crippen LogP contribution in [0.4, 0.5) is 5.13 Å². The molecule has 0 saturated heterocycles. The molecule has 7 heteroatoms. The maximum Gasteiger partial charge on any atom is 0.257 e. The van der Waals surface area contributed by atoms with E-state index in [0.717, 1.165) is 5.69 Å². The highest BCUT2D eigenvalue weighted by Gasteiger charge is 2.12. The fraction of sp³-hybridized carbons (Fsp3) is 0.231. The molecule has 2 heterocycles. The molecule has 1 amide bonds. The second kappa shape index (κ2) is 6.11. The van der Waals surface area contributed by atoms with Crippen LogP contribution in [0.2, 0.25) is 5.15 Å². The van der Waals surface area contributed by atoms with Crippen LogP contribution in [-0.4, -0.2) is 21.7 Å². The van der Waals surface area contributed by atoms with Crippen molar-refractivity contribution in [1.82, 2.24) is 9.97 Å². The lowest BCUT2D eigenvalue weighted by Crippen LogP contribution is -2.12. The van der Waals surface area contributed by atoms with Crippen LogP contribution >= 0.6 is 22.9 Å². The number of nitrogens with one attached hydrogen (secondary N) is 1. The van der Waals surface area contributed by atoms with Gasteiger partial charge >= 0.3 is 0 Å². The number of Topliss-reactive ketones (excluding diaryl/α,β-unsaturated/α-hetero) is 1. The second-order valence-corrected chi connectivity index (χ2v) is 5.32. The van der Waals surface area contributed by atoms with Gasteiger partial charge in [-0.05, 0) is 18.6 Å². The molecule has 5 nitrogen and oxygen atoms in total. The van der Waals surface area contributed by atoms with Gasteiger partial charge < -0.3 is 0 Å². The molecule has 0 radical (unpaired) electrons. The van der Waals surface area contributed by atoms with E-state index in [2.05, 4.69) is 15.3 Å². The number of hydrogen-bond acceptors (Lipinski definition) is 5. The normalized spacial score (nSPS) is 10.3. The molecule has 104 valence electrons. The number of aryl methyl sites for hydroxylation is 1. The van der Waals surface area contributed by atoms with Gasteiger partial charge in [0.25, 0.3) is 5.91 Å². The standard InChI is InChI=1S/C13H12ClN3O2S/c1-3-9-4-8(5-11(14)15-9)12(19)17-13-16-10(6-20-13)7(2)18/h4-6H,3H2,1-2H3,(H,16,17,19). The Labute approximate surface area is 125 Å². The van der Waals surface area contributed by atoms with E-state index in [0.29, 0.717) is 22.8 Å². The number of pyridine rings is 1. The van der Waals surface area contributed by atoms with Gasteiger partial charge in [0.05, 0.1) is 0 Å². The molecular weight excluding hydrogens is 298 g/mol. The molecule has 0 saturated carbocycles. The van der Waals surface area contributed by atoms with Crippen molar-refractivity contribution < 1.29 is 9.59 Å². The summed E-state index contributed by atoms with van der Waals surface area (Å²) in [6, 6.07) is 3.18. The molecule has 1 N–H and O–H groups in total. The number of halogens is 1. The molecular formula is C13H12ClN3O2S. The van der Waals surface area contributed by atoms with Gasteiger partial charge in [-0.2, -0.15) is 0 Å². The minimum atomic E-state index is -0.326. The van der Waals surface area contributed by atoms with Crippen molar-refractivity contribution in [3.63, 3.8) is 0 Å². The molecule has 20 heavy (non-hydrogen) atoms. The second-order valence-electron chi connectivity index (χ2n) is 4.07. The van der Waals surface area contributed by atoms with Crippen molar-refractivity contribution >= 4 is 39.8 Å².